The predicted molar refractivity (Wildman–Crippen MR) is 73.2 cm³/mol. The van der Waals surface area contributed by atoms with Gasteiger partial charge in [-0.05, 0) is 44.2 Å². The van der Waals surface area contributed by atoms with E-state index in [1.165, 1.54) is 19.0 Å². The highest BCUT2D eigenvalue weighted by molar-refractivity contribution is 5.11. The summed E-state index contributed by atoms with van der Waals surface area (Å²) in [6, 6.07) is 2.20. The molecule has 1 aromatic heterocycles. The van der Waals surface area contributed by atoms with E-state index in [2.05, 4.69) is 29.0 Å². The lowest BCUT2D eigenvalue weighted by atomic mass is 9.95. The summed E-state index contributed by atoms with van der Waals surface area (Å²) in [6.07, 6.45) is 5.74. The number of nitrogens with one attached hydrogen (secondary N) is 1. The van der Waals surface area contributed by atoms with Crippen molar-refractivity contribution in [3.63, 3.8) is 0 Å². The van der Waals surface area contributed by atoms with Crippen LogP contribution >= 0.6 is 0 Å². The van der Waals surface area contributed by atoms with Crippen molar-refractivity contribution in [2.75, 3.05) is 13.1 Å². The topological polar surface area (TPSA) is 28.2 Å². The second-order valence-corrected chi connectivity index (χ2v) is 6.53. The Bertz CT molecular complexity index is 456. The van der Waals surface area contributed by atoms with Crippen molar-refractivity contribution in [2.24, 2.45) is 5.92 Å². The van der Waals surface area contributed by atoms with Crippen molar-refractivity contribution in [1.29, 1.82) is 0 Å². The number of rotatable bonds is 3. The lowest BCUT2D eigenvalue weighted by Crippen LogP contribution is -2.62. The molecule has 0 spiro atoms. The summed E-state index contributed by atoms with van der Waals surface area (Å²) in [4.78, 5) is 6.41. The van der Waals surface area contributed by atoms with Crippen LogP contribution in [0, 0.1) is 11.7 Å². The number of aromatic nitrogens is 1. The van der Waals surface area contributed by atoms with Crippen molar-refractivity contribution in [2.45, 2.75) is 44.8 Å². The number of nitrogens with zero attached hydrogens (tertiary/aromatic N) is 2. The fraction of sp³-hybridized carbons (Fsp3) is 0.667. The fourth-order valence-corrected chi connectivity index (χ4v) is 2.90. The highest BCUT2D eigenvalue weighted by atomic mass is 19.1. The second kappa shape index (κ2) is 4.84. The van der Waals surface area contributed by atoms with Crippen LogP contribution in [-0.2, 0) is 6.54 Å². The van der Waals surface area contributed by atoms with Crippen molar-refractivity contribution in [3.8, 4) is 0 Å². The van der Waals surface area contributed by atoms with Crippen LogP contribution in [0.4, 0.5) is 4.39 Å². The zero-order chi connectivity index (χ0) is 13.5. The van der Waals surface area contributed by atoms with Gasteiger partial charge in [0.05, 0.1) is 6.20 Å². The van der Waals surface area contributed by atoms with Crippen LogP contribution in [0.5, 0.6) is 0 Å². The number of piperazine rings is 1. The molecule has 0 aromatic carbocycles. The van der Waals surface area contributed by atoms with Gasteiger partial charge in [-0.25, -0.2) is 4.39 Å². The van der Waals surface area contributed by atoms with Gasteiger partial charge in [0.2, 0.25) is 0 Å². The van der Waals surface area contributed by atoms with Crippen LogP contribution in [0.2, 0.25) is 0 Å². The molecule has 1 aliphatic carbocycles. The molecular formula is C15H22FN3. The third kappa shape index (κ3) is 2.95. The molecule has 1 aliphatic heterocycles. The van der Waals surface area contributed by atoms with E-state index in [1.807, 2.05) is 0 Å². The first-order chi connectivity index (χ1) is 9.04. The molecular weight excluding hydrogens is 241 g/mol. The lowest BCUT2D eigenvalue weighted by Gasteiger charge is -2.46. The molecule has 0 bridgehead atoms. The summed E-state index contributed by atoms with van der Waals surface area (Å²) in [5.74, 6) is 0.605. The zero-order valence-corrected chi connectivity index (χ0v) is 11.7. The highest BCUT2D eigenvalue weighted by Gasteiger charge is 2.40. The third-order valence-corrected chi connectivity index (χ3v) is 4.40. The van der Waals surface area contributed by atoms with Crippen molar-refractivity contribution < 1.29 is 4.39 Å². The highest BCUT2D eigenvalue weighted by Crippen LogP contribution is 2.36. The van der Waals surface area contributed by atoms with Crippen LogP contribution in [0.15, 0.2) is 18.5 Å². The van der Waals surface area contributed by atoms with E-state index in [0.717, 1.165) is 31.1 Å². The average Bonchev–Trinajstić information content (AvgIpc) is 3.16. The molecule has 3 rings (SSSR count). The van der Waals surface area contributed by atoms with Crippen LogP contribution in [0.3, 0.4) is 0 Å². The molecule has 2 fully saturated rings. The molecule has 0 amide bonds. The molecule has 1 saturated heterocycles. The maximum Gasteiger partial charge on any atom is 0.141 e. The molecule has 2 heterocycles. The number of hydrogen-bond donors (Lipinski definition) is 1. The molecule has 1 N–H and O–H groups in total. The van der Waals surface area contributed by atoms with Crippen molar-refractivity contribution >= 4 is 0 Å². The average molecular weight is 263 g/mol. The Kier molecular flexibility index (Phi) is 3.31. The van der Waals surface area contributed by atoms with Gasteiger partial charge < -0.3 is 5.32 Å². The number of pyridine rings is 1. The first kappa shape index (κ1) is 13.0. The molecule has 1 unspecified atom stereocenters. The van der Waals surface area contributed by atoms with Gasteiger partial charge in [0.15, 0.2) is 0 Å². The van der Waals surface area contributed by atoms with Gasteiger partial charge in [-0.1, -0.05) is 0 Å². The summed E-state index contributed by atoms with van der Waals surface area (Å²) in [5.41, 5.74) is 1.07. The van der Waals surface area contributed by atoms with E-state index >= 15 is 0 Å². The van der Waals surface area contributed by atoms with Gasteiger partial charge in [-0.15, -0.1) is 0 Å². The number of halogens is 1. The SMILES string of the molecule is CC1(C)CNC(C2CC2)CN1Cc1cncc(F)c1. The minimum absolute atomic E-state index is 0.109. The van der Waals surface area contributed by atoms with E-state index in [9.17, 15) is 4.39 Å². The van der Waals surface area contributed by atoms with Gasteiger partial charge >= 0.3 is 0 Å². The van der Waals surface area contributed by atoms with Crippen LogP contribution < -0.4 is 5.32 Å². The zero-order valence-electron chi connectivity index (χ0n) is 11.7. The van der Waals surface area contributed by atoms with Gasteiger partial charge in [0.25, 0.3) is 0 Å². The quantitative estimate of drug-likeness (QED) is 0.906. The van der Waals surface area contributed by atoms with Crippen LogP contribution in [-0.4, -0.2) is 34.6 Å². The van der Waals surface area contributed by atoms with Crippen LogP contribution in [0.25, 0.3) is 0 Å². The summed E-state index contributed by atoms with van der Waals surface area (Å²) < 4.78 is 13.2. The minimum atomic E-state index is -0.246. The standard InChI is InChI=1S/C15H22FN3/c1-15(2)10-18-14(12-3-4-12)9-19(15)8-11-5-13(16)7-17-6-11/h5-7,12,14,18H,3-4,8-10H2,1-2H3. The molecule has 0 radical (unpaired) electrons. The van der Waals surface area contributed by atoms with Gasteiger partial charge in [0, 0.05) is 37.4 Å². The smallest absolute Gasteiger partial charge is 0.141 e. The molecule has 3 nitrogen and oxygen atoms in total. The molecule has 1 aromatic rings. The van der Waals surface area contributed by atoms with E-state index in [4.69, 9.17) is 0 Å². The van der Waals surface area contributed by atoms with E-state index < -0.39 is 0 Å². The largest absolute Gasteiger partial charge is 0.311 e. The summed E-state index contributed by atoms with van der Waals surface area (Å²) >= 11 is 0. The Hall–Kier alpha value is -1.00. The van der Waals surface area contributed by atoms with E-state index in [0.29, 0.717) is 6.04 Å². The second-order valence-electron chi connectivity index (χ2n) is 6.53. The Labute approximate surface area is 114 Å². The summed E-state index contributed by atoms with van der Waals surface area (Å²) in [6.45, 7) is 7.32. The molecule has 1 atom stereocenters. The normalized spacial score (nSPS) is 27.4. The minimum Gasteiger partial charge on any atom is -0.311 e. The maximum absolute atomic E-state index is 13.2. The molecule has 1 saturated carbocycles. The van der Waals surface area contributed by atoms with Gasteiger partial charge in [-0.2, -0.15) is 0 Å². The first-order valence-electron chi connectivity index (χ1n) is 7.12. The van der Waals surface area contributed by atoms with Crippen molar-refractivity contribution in [1.82, 2.24) is 15.2 Å². The molecule has 19 heavy (non-hydrogen) atoms. The van der Waals surface area contributed by atoms with Gasteiger partial charge in [0.1, 0.15) is 5.82 Å². The Morgan fingerprint density at radius 2 is 2.21 bits per heavy atom. The van der Waals surface area contributed by atoms with Crippen LogP contribution in [0.1, 0.15) is 32.3 Å². The Balaban J connectivity index is 1.72. The summed E-state index contributed by atoms with van der Waals surface area (Å²) in [7, 11) is 0. The monoisotopic (exact) mass is 263 g/mol. The number of hydrogen-bond acceptors (Lipinski definition) is 3. The maximum atomic E-state index is 13.2. The first-order valence-corrected chi connectivity index (χ1v) is 7.12. The Morgan fingerprint density at radius 1 is 1.42 bits per heavy atom. The van der Waals surface area contributed by atoms with E-state index in [1.54, 1.807) is 12.3 Å². The summed E-state index contributed by atoms with van der Waals surface area (Å²) in [5, 5.41) is 3.67. The van der Waals surface area contributed by atoms with Crippen molar-refractivity contribution in [3.05, 3.63) is 29.8 Å². The molecule has 4 heteroatoms. The Morgan fingerprint density at radius 3 is 2.89 bits per heavy atom. The van der Waals surface area contributed by atoms with E-state index in [-0.39, 0.29) is 11.4 Å². The molecule has 104 valence electrons. The fourth-order valence-electron chi connectivity index (χ4n) is 2.90. The predicted octanol–water partition coefficient (Wildman–Crippen LogP) is 2.18. The lowest BCUT2D eigenvalue weighted by molar-refractivity contribution is 0.0532. The van der Waals surface area contributed by atoms with Gasteiger partial charge in [-0.3, -0.25) is 9.88 Å². The molecule has 2 aliphatic rings. The third-order valence-electron chi connectivity index (χ3n) is 4.40.